The molecule has 3 rings (SSSR count). The molecular formula is C22H23NO4. The topological polar surface area (TPSA) is 61.6 Å². The summed E-state index contributed by atoms with van der Waals surface area (Å²) in [5.74, 6) is 0.993. The summed E-state index contributed by atoms with van der Waals surface area (Å²) in [5, 5.41) is 3.96. The molecule has 0 saturated carbocycles. The molecule has 2 aromatic carbocycles. The summed E-state index contributed by atoms with van der Waals surface area (Å²) in [6.07, 6.45) is 0. The summed E-state index contributed by atoms with van der Waals surface area (Å²) in [4.78, 5) is 12.2. The second-order valence-electron chi connectivity index (χ2n) is 7.31. The van der Waals surface area contributed by atoms with E-state index in [2.05, 4.69) is 25.9 Å². The molecule has 0 amide bonds. The van der Waals surface area contributed by atoms with Gasteiger partial charge in [-0.1, -0.05) is 38.1 Å². The number of rotatable bonds is 5. The first kappa shape index (κ1) is 18.7. The highest BCUT2D eigenvalue weighted by Gasteiger charge is 2.15. The first-order valence-corrected chi connectivity index (χ1v) is 8.74. The van der Waals surface area contributed by atoms with E-state index in [1.54, 1.807) is 25.3 Å². The number of aromatic nitrogens is 1. The lowest BCUT2D eigenvalue weighted by molar-refractivity contribution is 0.0464. The minimum Gasteiger partial charge on any atom is -0.497 e. The van der Waals surface area contributed by atoms with Gasteiger partial charge in [-0.25, -0.2) is 4.79 Å². The van der Waals surface area contributed by atoms with Crippen molar-refractivity contribution in [1.29, 1.82) is 0 Å². The number of hydrogen-bond donors (Lipinski definition) is 0. The van der Waals surface area contributed by atoms with E-state index in [0.717, 1.165) is 11.3 Å². The van der Waals surface area contributed by atoms with Gasteiger partial charge in [0.15, 0.2) is 5.76 Å². The molecule has 1 heterocycles. The van der Waals surface area contributed by atoms with Crippen LogP contribution in [0.25, 0.3) is 11.3 Å². The Labute approximate surface area is 158 Å². The Morgan fingerprint density at radius 2 is 1.70 bits per heavy atom. The van der Waals surface area contributed by atoms with Gasteiger partial charge in [0.2, 0.25) is 0 Å². The van der Waals surface area contributed by atoms with Gasteiger partial charge in [-0.3, -0.25) is 0 Å². The van der Waals surface area contributed by atoms with Gasteiger partial charge in [-0.2, -0.15) is 0 Å². The van der Waals surface area contributed by atoms with Crippen molar-refractivity contribution in [1.82, 2.24) is 5.16 Å². The molecule has 3 aromatic rings. The van der Waals surface area contributed by atoms with Crippen LogP contribution in [0.1, 0.15) is 42.4 Å². The van der Waals surface area contributed by atoms with E-state index in [0.29, 0.717) is 17.0 Å². The summed E-state index contributed by atoms with van der Waals surface area (Å²) in [6, 6.07) is 16.7. The Morgan fingerprint density at radius 3 is 2.30 bits per heavy atom. The second-order valence-corrected chi connectivity index (χ2v) is 7.31. The lowest BCUT2D eigenvalue weighted by atomic mass is 9.87. The lowest BCUT2D eigenvalue weighted by Crippen LogP contribution is -2.12. The van der Waals surface area contributed by atoms with Crippen molar-refractivity contribution >= 4 is 5.97 Å². The predicted octanol–water partition coefficient (Wildman–Crippen LogP) is 5.00. The first-order chi connectivity index (χ1) is 12.9. The van der Waals surface area contributed by atoms with Crippen molar-refractivity contribution in [2.75, 3.05) is 7.11 Å². The molecule has 0 saturated heterocycles. The number of carbonyl (C=O) groups is 1. The lowest BCUT2D eigenvalue weighted by Gasteiger charge is -2.18. The highest BCUT2D eigenvalue weighted by atomic mass is 16.5. The van der Waals surface area contributed by atoms with Crippen LogP contribution in [-0.2, 0) is 16.8 Å². The van der Waals surface area contributed by atoms with Gasteiger partial charge in [-0.05, 0) is 47.4 Å². The SMILES string of the molecule is COc1ccc(-c2cc(COC(=O)c3ccc(C(C)(C)C)cc3)no2)cc1. The van der Waals surface area contributed by atoms with Crippen LogP contribution in [0.4, 0.5) is 0 Å². The largest absolute Gasteiger partial charge is 0.497 e. The molecule has 0 atom stereocenters. The fourth-order valence-electron chi connectivity index (χ4n) is 2.60. The third-order valence-corrected chi connectivity index (χ3v) is 4.27. The molecule has 0 spiro atoms. The molecule has 0 aliphatic heterocycles. The van der Waals surface area contributed by atoms with E-state index in [1.807, 2.05) is 36.4 Å². The van der Waals surface area contributed by atoms with E-state index in [4.69, 9.17) is 14.0 Å². The van der Waals surface area contributed by atoms with Gasteiger partial charge in [0.1, 0.15) is 18.1 Å². The van der Waals surface area contributed by atoms with Crippen LogP contribution in [0, 0.1) is 0 Å². The fourth-order valence-corrected chi connectivity index (χ4v) is 2.60. The number of hydrogen-bond acceptors (Lipinski definition) is 5. The standard InChI is InChI=1S/C22H23NO4/c1-22(2,3)17-9-5-16(6-10-17)21(24)26-14-18-13-20(27-23-18)15-7-11-19(25-4)12-8-15/h5-13H,14H2,1-4H3. The number of benzene rings is 2. The van der Waals surface area contributed by atoms with Crippen molar-refractivity contribution in [3.8, 4) is 17.1 Å². The van der Waals surface area contributed by atoms with Gasteiger partial charge in [-0.15, -0.1) is 0 Å². The summed E-state index contributed by atoms with van der Waals surface area (Å²) >= 11 is 0. The molecule has 5 nitrogen and oxygen atoms in total. The minimum absolute atomic E-state index is 0.0427. The Morgan fingerprint density at radius 1 is 1.04 bits per heavy atom. The maximum absolute atomic E-state index is 12.2. The molecule has 0 aliphatic rings. The van der Waals surface area contributed by atoms with Crippen LogP contribution in [-0.4, -0.2) is 18.2 Å². The van der Waals surface area contributed by atoms with Crippen molar-refractivity contribution in [3.63, 3.8) is 0 Å². The van der Waals surface area contributed by atoms with Gasteiger partial charge in [0, 0.05) is 11.6 Å². The smallest absolute Gasteiger partial charge is 0.338 e. The Hall–Kier alpha value is -3.08. The molecule has 5 heteroatoms. The van der Waals surface area contributed by atoms with Crippen LogP contribution >= 0.6 is 0 Å². The average molecular weight is 365 g/mol. The molecule has 1 aromatic heterocycles. The molecule has 140 valence electrons. The highest BCUT2D eigenvalue weighted by Crippen LogP contribution is 2.24. The molecule has 0 radical (unpaired) electrons. The van der Waals surface area contributed by atoms with Gasteiger partial charge in [0.05, 0.1) is 12.7 Å². The maximum Gasteiger partial charge on any atom is 0.338 e. The molecule has 0 aliphatic carbocycles. The Bertz CT molecular complexity index is 903. The van der Waals surface area contributed by atoms with E-state index in [-0.39, 0.29) is 18.0 Å². The van der Waals surface area contributed by atoms with E-state index < -0.39 is 0 Å². The predicted molar refractivity (Wildman–Crippen MR) is 103 cm³/mol. The van der Waals surface area contributed by atoms with E-state index >= 15 is 0 Å². The average Bonchev–Trinajstić information content (AvgIpc) is 3.14. The highest BCUT2D eigenvalue weighted by molar-refractivity contribution is 5.89. The van der Waals surface area contributed by atoms with Crippen LogP contribution in [0.5, 0.6) is 5.75 Å². The Kier molecular flexibility index (Phi) is 5.31. The summed E-state index contributed by atoms with van der Waals surface area (Å²) in [7, 11) is 1.62. The van der Waals surface area contributed by atoms with Crippen molar-refractivity contribution in [2.24, 2.45) is 0 Å². The fraction of sp³-hybridized carbons (Fsp3) is 0.273. The van der Waals surface area contributed by atoms with Crippen molar-refractivity contribution in [2.45, 2.75) is 32.8 Å². The van der Waals surface area contributed by atoms with Crippen LogP contribution in [0.3, 0.4) is 0 Å². The molecule has 27 heavy (non-hydrogen) atoms. The first-order valence-electron chi connectivity index (χ1n) is 8.74. The van der Waals surface area contributed by atoms with Crippen LogP contribution < -0.4 is 4.74 Å². The number of nitrogens with zero attached hydrogens (tertiary/aromatic N) is 1. The molecule has 0 N–H and O–H groups in total. The zero-order valence-corrected chi connectivity index (χ0v) is 16.0. The van der Waals surface area contributed by atoms with Crippen LogP contribution in [0.15, 0.2) is 59.1 Å². The van der Waals surface area contributed by atoms with Gasteiger partial charge < -0.3 is 14.0 Å². The number of ether oxygens (including phenoxy) is 2. The maximum atomic E-state index is 12.2. The summed E-state index contributed by atoms with van der Waals surface area (Å²) in [5.41, 5.74) is 3.15. The minimum atomic E-state index is -0.385. The molecule has 0 bridgehead atoms. The monoisotopic (exact) mass is 365 g/mol. The molecular weight excluding hydrogens is 342 g/mol. The summed E-state index contributed by atoms with van der Waals surface area (Å²) in [6.45, 7) is 6.45. The van der Waals surface area contributed by atoms with Crippen molar-refractivity contribution in [3.05, 3.63) is 71.4 Å². The van der Waals surface area contributed by atoms with Gasteiger partial charge >= 0.3 is 5.97 Å². The van der Waals surface area contributed by atoms with Crippen molar-refractivity contribution < 1.29 is 18.8 Å². The summed E-state index contributed by atoms with van der Waals surface area (Å²) < 4.78 is 15.8. The van der Waals surface area contributed by atoms with Gasteiger partial charge in [0.25, 0.3) is 0 Å². The van der Waals surface area contributed by atoms with E-state index in [1.165, 1.54) is 5.56 Å². The third-order valence-electron chi connectivity index (χ3n) is 4.27. The van der Waals surface area contributed by atoms with Crippen LogP contribution in [0.2, 0.25) is 0 Å². The van der Waals surface area contributed by atoms with E-state index in [9.17, 15) is 4.79 Å². The quantitative estimate of drug-likeness (QED) is 0.595. The number of esters is 1. The zero-order valence-electron chi connectivity index (χ0n) is 16.0. The second kappa shape index (κ2) is 7.66. The number of carbonyl (C=O) groups excluding carboxylic acids is 1. The molecule has 0 unspecified atom stereocenters. The Balaban J connectivity index is 1.61. The zero-order chi connectivity index (χ0) is 19.4. The normalized spacial score (nSPS) is 11.3. The number of methoxy groups -OCH3 is 1. The molecule has 0 fully saturated rings. The third kappa shape index (κ3) is 4.56.